The van der Waals surface area contributed by atoms with E-state index in [1.807, 2.05) is 12.1 Å². The highest BCUT2D eigenvalue weighted by Crippen LogP contribution is 2.22. The maximum Gasteiger partial charge on any atom is 0.319 e. The van der Waals surface area contributed by atoms with E-state index in [-0.39, 0.29) is 10.9 Å². The fourth-order valence-electron chi connectivity index (χ4n) is 3.03. The number of hydrogen-bond acceptors (Lipinski definition) is 4. The first kappa shape index (κ1) is 19.3. The lowest BCUT2D eigenvalue weighted by atomic mass is 10.2. The van der Waals surface area contributed by atoms with Crippen molar-refractivity contribution in [3.63, 3.8) is 0 Å². The Morgan fingerprint density at radius 3 is 2.67 bits per heavy atom. The molecule has 1 aromatic heterocycles. The van der Waals surface area contributed by atoms with Crippen LogP contribution in [0.25, 0.3) is 0 Å². The van der Waals surface area contributed by atoms with E-state index >= 15 is 0 Å². The Bertz CT molecular complexity index is 866. The summed E-state index contributed by atoms with van der Waals surface area (Å²) in [6.45, 7) is 1.56. The second-order valence-corrected chi connectivity index (χ2v) is 8.42. The summed E-state index contributed by atoms with van der Waals surface area (Å²) < 4.78 is 27.0. The predicted molar refractivity (Wildman–Crippen MR) is 104 cm³/mol. The highest BCUT2D eigenvalue weighted by molar-refractivity contribution is 7.89. The molecule has 2 N–H and O–H groups in total. The first-order valence-corrected chi connectivity index (χ1v) is 10.5. The lowest BCUT2D eigenvalue weighted by molar-refractivity contribution is 0.252. The number of anilines is 1. The van der Waals surface area contributed by atoms with E-state index in [1.54, 1.807) is 30.6 Å². The van der Waals surface area contributed by atoms with Crippen LogP contribution in [0.15, 0.2) is 53.7 Å². The Kier molecular flexibility index (Phi) is 6.41. The largest absolute Gasteiger partial charge is 0.338 e. The smallest absolute Gasteiger partial charge is 0.319 e. The van der Waals surface area contributed by atoms with E-state index in [4.69, 9.17) is 0 Å². The van der Waals surface area contributed by atoms with Crippen LogP contribution in [0.2, 0.25) is 0 Å². The molecular formula is C19H24N4O3S. The minimum atomic E-state index is -3.52. The molecule has 0 atom stereocenters. The maximum atomic E-state index is 12.7. The lowest BCUT2D eigenvalue weighted by Gasteiger charge is -2.26. The number of urea groups is 1. The molecule has 0 bridgehead atoms. The molecule has 0 spiro atoms. The predicted octanol–water partition coefficient (Wildman–Crippen LogP) is 2.62. The number of aromatic nitrogens is 1. The summed E-state index contributed by atoms with van der Waals surface area (Å²) in [6.07, 6.45) is 6.97. The molecule has 2 aromatic rings. The highest BCUT2D eigenvalue weighted by Gasteiger charge is 2.26. The Balaban J connectivity index is 1.57. The van der Waals surface area contributed by atoms with E-state index in [0.717, 1.165) is 24.8 Å². The molecule has 0 radical (unpaired) electrons. The quantitative estimate of drug-likeness (QED) is 0.796. The molecule has 1 saturated heterocycles. The first-order valence-electron chi connectivity index (χ1n) is 9.10. The summed E-state index contributed by atoms with van der Waals surface area (Å²) in [5.41, 5.74) is 1.49. The van der Waals surface area contributed by atoms with Gasteiger partial charge in [-0.3, -0.25) is 4.98 Å². The molecule has 2 amide bonds. The van der Waals surface area contributed by atoms with Crippen molar-refractivity contribution in [2.45, 2.75) is 30.6 Å². The Morgan fingerprint density at radius 2 is 1.93 bits per heavy atom. The summed E-state index contributed by atoms with van der Waals surface area (Å²) in [6, 6.07) is 9.81. The van der Waals surface area contributed by atoms with Crippen LogP contribution in [0, 0.1) is 0 Å². The summed E-state index contributed by atoms with van der Waals surface area (Å²) in [5.74, 6) is 0. The number of pyridine rings is 1. The number of sulfonamides is 1. The van der Waals surface area contributed by atoms with Gasteiger partial charge in [-0.15, -0.1) is 0 Å². The topological polar surface area (TPSA) is 91.4 Å². The van der Waals surface area contributed by atoms with Crippen molar-refractivity contribution < 1.29 is 13.2 Å². The number of nitrogens with one attached hydrogen (secondary N) is 2. The number of rotatable bonds is 6. The second-order valence-electron chi connectivity index (χ2n) is 6.48. The molecule has 0 unspecified atom stereocenters. The lowest BCUT2D eigenvalue weighted by Crippen LogP contribution is -2.35. The Hall–Kier alpha value is -2.45. The zero-order chi connectivity index (χ0) is 19.1. The second kappa shape index (κ2) is 8.96. The number of carbonyl (C=O) groups is 1. The number of amides is 2. The number of carbonyl (C=O) groups excluding carboxylic acids is 1. The minimum absolute atomic E-state index is 0.206. The molecule has 0 aliphatic carbocycles. The monoisotopic (exact) mass is 388 g/mol. The third kappa shape index (κ3) is 5.27. The van der Waals surface area contributed by atoms with Crippen molar-refractivity contribution in [1.82, 2.24) is 14.6 Å². The number of hydrogen-bond donors (Lipinski definition) is 2. The number of benzene rings is 1. The number of piperidine rings is 1. The van der Waals surface area contributed by atoms with Gasteiger partial charge in [-0.05, 0) is 49.1 Å². The summed E-state index contributed by atoms with van der Waals surface area (Å²) in [4.78, 5) is 16.3. The van der Waals surface area contributed by atoms with E-state index < -0.39 is 10.0 Å². The van der Waals surface area contributed by atoms with Gasteiger partial charge in [0.05, 0.1) is 4.90 Å². The van der Waals surface area contributed by atoms with Crippen LogP contribution in [0.5, 0.6) is 0 Å². The SMILES string of the molecule is O=C(NCCc1cccnc1)Nc1cccc(S(=O)(=O)N2CCCCC2)c1. The van der Waals surface area contributed by atoms with Gasteiger partial charge in [0, 0.05) is 37.7 Å². The third-order valence-corrected chi connectivity index (χ3v) is 6.36. The molecule has 8 heteroatoms. The van der Waals surface area contributed by atoms with Crippen LogP contribution < -0.4 is 10.6 Å². The van der Waals surface area contributed by atoms with Crippen LogP contribution in [0.1, 0.15) is 24.8 Å². The minimum Gasteiger partial charge on any atom is -0.338 e. The fourth-order valence-corrected chi connectivity index (χ4v) is 4.59. The zero-order valence-corrected chi connectivity index (χ0v) is 15.9. The van der Waals surface area contributed by atoms with Crippen molar-refractivity contribution in [2.24, 2.45) is 0 Å². The van der Waals surface area contributed by atoms with E-state index in [9.17, 15) is 13.2 Å². The Labute approximate surface area is 159 Å². The summed E-state index contributed by atoms with van der Waals surface area (Å²) >= 11 is 0. The van der Waals surface area contributed by atoms with Gasteiger partial charge >= 0.3 is 6.03 Å². The normalized spacial score (nSPS) is 15.3. The summed E-state index contributed by atoms with van der Waals surface area (Å²) in [5, 5.41) is 5.46. The van der Waals surface area contributed by atoms with Crippen molar-refractivity contribution >= 4 is 21.7 Å². The molecule has 7 nitrogen and oxygen atoms in total. The van der Waals surface area contributed by atoms with Crippen molar-refractivity contribution in [2.75, 3.05) is 25.0 Å². The zero-order valence-electron chi connectivity index (χ0n) is 15.1. The molecule has 0 saturated carbocycles. The van der Waals surface area contributed by atoms with E-state index in [0.29, 0.717) is 31.7 Å². The average Bonchev–Trinajstić information content (AvgIpc) is 2.70. The van der Waals surface area contributed by atoms with Gasteiger partial charge < -0.3 is 10.6 Å². The van der Waals surface area contributed by atoms with Crippen LogP contribution in [-0.2, 0) is 16.4 Å². The van der Waals surface area contributed by atoms with Crippen LogP contribution >= 0.6 is 0 Å². The molecule has 1 aliphatic heterocycles. The van der Waals surface area contributed by atoms with Gasteiger partial charge in [-0.2, -0.15) is 4.31 Å². The van der Waals surface area contributed by atoms with Gasteiger partial charge in [0.25, 0.3) is 0 Å². The van der Waals surface area contributed by atoms with Crippen molar-refractivity contribution in [3.8, 4) is 0 Å². The highest BCUT2D eigenvalue weighted by atomic mass is 32.2. The number of nitrogens with zero attached hydrogens (tertiary/aromatic N) is 2. The van der Waals surface area contributed by atoms with Gasteiger partial charge in [0.1, 0.15) is 0 Å². The molecule has 3 rings (SSSR count). The first-order chi connectivity index (χ1) is 13.1. The molecule has 1 aliphatic rings. The fraction of sp³-hybridized carbons (Fsp3) is 0.368. The Morgan fingerprint density at radius 1 is 1.11 bits per heavy atom. The molecule has 2 heterocycles. The standard InChI is InChI=1S/C19H24N4O3S/c24-19(21-11-9-16-6-5-10-20-15-16)22-17-7-4-8-18(14-17)27(25,26)23-12-2-1-3-13-23/h4-8,10,14-15H,1-3,9,11-13H2,(H2,21,22,24). The van der Waals surface area contributed by atoms with Crippen LogP contribution in [-0.4, -0.2) is 43.4 Å². The van der Waals surface area contributed by atoms with Crippen molar-refractivity contribution in [1.29, 1.82) is 0 Å². The van der Waals surface area contributed by atoms with Crippen molar-refractivity contribution in [3.05, 3.63) is 54.4 Å². The molecule has 1 aromatic carbocycles. The molecule has 27 heavy (non-hydrogen) atoms. The van der Waals surface area contributed by atoms with E-state index in [2.05, 4.69) is 15.6 Å². The third-order valence-electron chi connectivity index (χ3n) is 4.47. The van der Waals surface area contributed by atoms with Crippen LogP contribution in [0.3, 0.4) is 0 Å². The van der Waals surface area contributed by atoms with Gasteiger partial charge in [0.2, 0.25) is 10.0 Å². The van der Waals surface area contributed by atoms with Gasteiger partial charge in [-0.25, -0.2) is 13.2 Å². The summed E-state index contributed by atoms with van der Waals surface area (Å²) in [7, 11) is -3.52. The van der Waals surface area contributed by atoms with Gasteiger partial charge in [0.15, 0.2) is 0 Å². The molecule has 1 fully saturated rings. The maximum absolute atomic E-state index is 12.7. The van der Waals surface area contributed by atoms with Gasteiger partial charge in [-0.1, -0.05) is 18.6 Å². The molecular weight excluding hydrogens is 364 g/mol. The van der Waals surface area contributed by atoms with E-state index in [1.165, 1.54) is 10.4 Å². The molecule has 144 valence electrons. The van der Waals surface area contributed by atoms with Crippen LogP contribution in [0.4, 0.5) is 10.5 Å². The average molecular weight is 388 g/mol.